The molecule has 5 atom stereocenters. The second-order valence-electron chi connectivity index (χ2n) is 11.7. The molecule has 3 unspecified atom stereocenters. The lowest BCUT2D eigenvalue weighted by Crippen LogP contribution is -2.58. The van der Waals surface area contributed by atoms with Crippen LogP contribution in [-0.2, 0) is 14.6 Å². The summed E-state index contributed by atoms with van der Waals surface area (Å²) in [7, 11) is -3.37. The van der Waals surface area contributed by atoms with E-state index in [2.05, 4.69) is 20.1 Å². The van der Waals surface area contributed by atoms with Gasteiger partial charge in [0.2, 0.25) is 5.67 Å². The lowest BCUT2D eigenvalue weighted by atomic mass is 9.64. The van der Waals surface area contributed by atoms with Crippen molar-refractivity contribution in [2.75, 3.05) is 6.26 Å². The highest BCUT2D eigenvalue weighted by Crippen LogP contribution is 2.57. The van der Waals surface area contributed by atoms with Crippen LogP contribution in [-0.4, -0.2) is 42.8 Å². The molecule has 1 aromatic carbocycles. The van der Waals surface area contributed by atoms with Crippen LogP contribution < -0.4 is 0 Å². The van der Waals surface area contributed by atoms with Crippen molar-refractivity contribution in [3.63, 3.8) is 0 Å². The Balaban J connectivity index is 1.80. The maximum Gasteiger partial charge on any atom is 0.305 e. The van der Waals surface area contributed by atoms with E-state index in [4.69, 9.17) is 0 Å². The second-order valence-corrected chi connectivity index (χ2v) is 13.7. The Morgan fingerprint density at radius 1 is 1.10 bits per heavy atom. The van der Waals surface area contributed by atoms with E-state index in [0.717, 1.165) is 41.4 Å². The first kappa shape index (κ1) is 30.5. The fourth-order valence-corrected chi connectivity index (χ4v) is 7.85. The molecule has 3 aliphatic rings. The summed E-state index contributed by atoms with van der Waals surface area (Å²) in [5.41, 5.74) is -1.50. The Morgan fingerprint density at radius 2 is 1.77 bits per heavy atom. The summed E-state index contributed by atoms with van der Waals surface area (Å²) in [5, 5.41) is 11.4. The molecule has 0 aliphatic heterocycles. The van der Waals surface area contributed by atoms with Crippen molar-refractivity contribution in [2.45, 2.75) is 92.7 Å². The summed E-state index contributed by atoms with van der Waals surface area (Å²) in [5.74, 6) is -4.36. The van der Waals surface area contributed by atoms with E-state index in [1.807, 2.05) is 12.1 Å². The highest BCUT2D eigenvalue weighted by Gasteiger charge is 2.65. The Labute approximate surface area is 235 Å². The van der Waals surface area contributed by atoms with E-state index >= 15 is 4.39 Å². The van der Waals surface area contributed by atoms with Gasteiger partial charge in [-0.2, -0.15) is 8.78 Å². The zero-order valence-corrected chi connectivity index (χ0v) is 24.1. The Kier molecular flexibility index (Phi) is 8.46. The SMILES string of the molecule is C=CC(F)(F)C(F)(C=C)[C@]1(O)CCC(C2CCC3=CC(=O)CCC3=C2[C@H](CCC)c2ccc(S(C)(=O)=O)cc2)C1. The quantitative estimate of drug-likeness (QED) is 0.299. The number of sulfone groups is 1. The van der Waals surface area contributed by atoms with E-state index in [1.54, 1.807) is 18.2 Å². The van der Waals surface area contributed by atoms with Gasteiger partial charge < -0.3 is 5.11 Å². The summed E-state index contributed by atoms with van der Waals surface area (Å²) in [6, 6.07) is 6.86. The molecule has 0 spiro atoms. The third-order valence-corrected chi connectivity index (χ3v) is 10.4. The van der Waals surface area contributed by atoms with Gasteiger partial charge in [-0.05, 0) is 104 Å². The molecule has 3 aliphatic carbocycles. The minimum atomic E-state index is -3.99. The van der Waals surface area contributed by atoms with Crippen molar-refractivity contribution in [3.05, 3.63) is 77.9 Å². The number of alkyl halides is 3. The number of rotatable bonds is 10. The topological polar surface area (TPSA) is 71.4 Å². The molecule has 0 aromatic heterocycles. The number of hydrogen-bond acceptors (Lipinski definition) is 4. The molecule has 1 saturated carbocycles. The maximum absolute atomic E-state index is 15.9. The molecule has 1 aromatic rings. The molecule has 4 rings (SSSR count). The molecule has 4 nitrogen and oxygen atoms in total. The van der Waals surface area contributed by atoms with Crippen molar-refractivity contribution < 1.29 is 31.5 Å². The van der Waals surface area contributed by atoms with Crippen molar-refractivity contribution >= 4 is 15.6 Å². The monoisotopic (exact) mass is 576 g/mol. The van der Waals surface area contributed by atoms with Gasteiger partial charge in [0.1, 0.15) is 5.60 Å². The number of benzene rings is 1. The van der Waals surface area contributed by atoms with E-state index in [1.165, 1.54) is 0 Å². The van der Waals surface area contributed by atoms with Crippen LogP contribution >= 0.6 is 0 Å². The van der Waals surface area contributed by atoms with Crippen molar-refractivity contribution in [1.82, 2.24) is 0 Å². The van der Waals surface area contributed by atoms with Crippen LogP contribution in [0.5, 0.6) is 0 Å². The van der Waals surface area contributed by atoms with Crippen LogP contribution in [0.3, 0.4) is 0 Å². The molecule has 1 N–H and O–H groups in total. The normalized spacial score (nSPS) is 27.9. The van der Waals surface area contributed by atoms with Gasteiger partial charge in [-0.25, -0.2) is 12.8 Å². The minimum absolute atomic E-state index is 0.0798. The molecular weight excluding hydrogens is 537 g/mol. The van der Waals surface area contributed by atoms with Gasteiger partial charge in [0, 0.05) is 18.6 Å². The van der Waals surface area contributed by atoms with Gasteiger partial charge in [-0.3, -0.25) is 4.79 Å². The third kappa shape index (κ3) is 5.29. The Bertz CT molecular complexity index is 1340. The van der Waals surface area contributed by atoms with E-state index in [9.17, 15) is 27.1 Å². The predicted molar refractivity (Wildman–Crippen MR) is 151 cm³/mol. The van der Waals surface area contributed by atoms with Crippen molar-refractivity contribution in [3.8, 4) is 0 Å². The molecule has 0 heterocycles. The minimum Gasteiger partial charge on any atom is -0.386 e. The average Bonchev–Trinajstić information content (AvgIpc) is 3.33. The standard InChI is InChI=1S/C32H39F3O4S/c1-5-8-26(21-9-13-25(14-10-21)40(4,38)39)29-27-16-12-24(36)19-22(27)11-15-28(29)23-17-18-30(37,20-23)31(33,6-2)32(34,35)7-3/h6-7,9-10,13-14,19,23,26,28,37H,2-3,5,8,11-12,15-18,20H2,1,4H3/t23?,26-,28?,30+,31?/m1/s1. The summed E-state index contributed by atoms with van der Waals surface area (Å²) in [6.45, 7) is 8.47. The third-order valence-electron chi connectivity index (χ3n) is 9.28. The van der Waals surface area contributed by atoms with Crippen LogP contribution in [0.4, 0.5) is 13.2 Å². The summed E-state index contributed by atoms with van der Waals surface area (Å²) in [6.07, 6.45) is 7.59. The van der Waals surface area contributed by atoms with E-state index in [0.29, 0.717) is 38.2 Å². The van der Waals surface area contributed by atoms with Crippen LogP contribution in [0.15, 0.2) is 77.3 Å². The number of ketones is 1. The Hall–Kier alpha value is -2.45. The number of fused-ring (bicyclic) bond motifs is 1. The average molecular weight is 577 g/mol. The fourth-order valence-electron chi connectivity index (χ4n) is 7.22. The molecule has 0 radical (unpaired) electrons. The molecule has 218 valence electrons. The number of halogens is 3. The van der Waals surface area contributed by atoms with Crippen molar-refractivity contribution in [2.24, 2.45) is 11.8 Å². The van der Waals surface area contributed by atoms with E-state index < -0.39 is 27.0 Å². The second kappa shape index (κ2) is 11.1. The molecule has 40 heavy (non-hydrogen) atoms. The zero-order chi connectivity index (χ0) is 29.5. The molecular formula is C32H39F3O4S. The predicted octanol–water partition coefficient (Wildman–Crippen LogP) is 7.22. The van der Waals surface area contributed by atoms with Gasteiger partial charge in [-0.1, -0.05) is 44.2 Å². The zero-order valence-electron chi connectivity index (χ0n) is 23.3. The first-order chi connectivity index (χ1) is 18.7. The van der Waals surface area contributed by atoms with Crippen LogP contribution in [0.2, 0.25) is 0 Å². The number of carbonyl (C=O) groups is 1. The molecule has 0 bridgehead atoms. The fraction of sp³-hybridized carbons (Fsp3) is 0.531. The van der Waals surface area contributed by atoms with Gasteiger partial charge >= 0.3 is 5.92 Å². The highest BCUT2D eigenvalue weighted by atomic mass is 32.2. The van der Waals surface area contributed by atoms with Gasteiger partial charge in [-0.15, -0.1) is 0 Å². The molecule has 0 amide bonds. The van der Waals surface area contributed by atoms with Gasteiger partial charge in [0.15, 0.2) is 15.6 Å². The first-order valence-electron chi connectivity index (χ1n) is 14.0. The van der Waals surface area contributed by atoms with Crippen LogP contribution in [0.25, 0.3) is 0 Å². The molecule has 0 saturated heterocycles. The lowest BCUT2D eigenvalue weighted by molar-refractivity contribution is -0.180. The Morgan fingerprint density at radius 3 is 2.35 bits per heavy atom. The van der Waals surface area contributed by atoms with Crippen molar-refractivity contribution in [1.29, 1.82) is 0 Å². The smallest absolute Gasteiger partial charge is 0.305 e. The number of carbonyl (C=O) groups excluding carboxylic acids is 1. The van der Waals surface area contributed by atoms with Gasteiger partial charge in [0.05, 0.1) is 4.90 Å². The largest absolute Gasteiger partial charge is 0.386 e. The summed E-state index contributed by atoms with van der Waals surface area (Å²) >= 11 is 0. The number of allylic oxidation sites excluding steroid dienone is 5. The van der Waals surface area contributed by atoms with Crippen LogP contribution in [0, 0.1) is 11.8 Å². The molecule has 1 fully saturated rings. The summed E-state index contributed by atoms with van der Waals surface area (Å²) < 4.78 is 69.6. The summed E-state index contributed by atoms with van der Waals surface area (Å²) in [4.78, 5) is 12.5. The maximum atomic E-state index is 15.9. The van der Waals surface area contributed by atoms with E-state index in [-0.39, 0.29) is 47.4 Å². The highest BCUT2D eigenvalue weighted by molar-refractivity contribution is 7.90. The van der Waals surface area contributed by atoms with Gasteiger partial charge in [0.25, 0.3) is 0 Å². The first-order valence-corrected chi connectivity index (χ1v) is 15.9. The van der Waals surface area contributed by atoms with Crippen LogP contribution in [0.1, 0.15) is 76.2 Å². The number of aliphatic hydroxyl groups is 1. The lowest BCUT2D eigenvalue weighted by Gasteiger charge is -2.42. The number of hydrogen-bond donors (Lipinski definition) is 1. The molecule has 8 heteroatoms.